The van der Waals surface area contributed by atoms with Crippen LogP contribution in [0.15, 0.2) is 41.8 Å². The van der Waals surface area contributed by atoms with E-state index in [4.69, 9.17) is 20.4 Å². The fourth-order valence-electron chi connectivity index (χ4n) is 4.04. The van der Waals surface area contributed by atoms with Gasteiger partial charge in [0, 0.05) is 21.5 Å². The van der Waals surface area contributed by atoms with Crippen molar-refractivity contribution in [1.29, 1.82) is 0 Å². The van der Waals surface area contributed by atoms with Gasteiger partial charge in [0.1, 0.15) is 5.82 Å². The molecular formula is C23H23N5O2S. The summed E-state index contributed by atoms with van der Waals surface area (Å²) < 4.78 is 7.95. The lowest BCUT2D eigenvalue weighted by Gasteiger charge is -2.16. The van der Waals surface area contributed by atoms with E-state index in [0.29, 0.717) is 30.5 Å². The van der Waals surface area contributed by atoms with Gasteiger partial charge >= 0.3 is 0 Å². The van der Waals surface area contributed by atoms with E-state index in [1.165, 1.54) is 4.88 Å². The second kappa shape index (κ2) is 8.03. The van der Waals surface area contributed by atoms with E-state index in [2.05, 4.69) is 16.8 Å². The second-order valence-corrected chi connectivity index (χ2v) is 8.65. The number of fused-ring (bicyclic) bond motifs is 2. The Morgan fingerprint density at radius 1 is 1.26 bits per heavy atom. The molecule has 0 saturated carbocycles. The molecule has 3 aromatic heterocycles. The number of aryl methyl sites for hydroxylation is 1. The van der Waals surface area contributed by atoms with E-state index in [1.54, 1.807) is 17.4 Å². The van der Waals surface area contributed by atoms with Crippen LogP contribution in [0.3, 0.4) is 0 Å². The summed E-state index contributed by atoms with van der Waals surface area (Å²) in [5.74, 6) is 1.49. The molecule has 4 heterocycles. The number of carbonyl (C=O) groups is 1. The first-order valence-electron chi connectivity index (χ1n) is 10.3. The molecule has 0 bridgehead atoms. The van der Waals surface area contributed by atoms with E-state index in [9.17, 15) is 4.79 Å². The van der Waals surface area contributed by atoms with Crippen LogP contribution >= 0.6 is 11.3 Å². The molecule has 1 aliphatic rings. The number of amides is 1. The summed E-state index contributed by atoms with van der Waals surface area (Å²) >= 11 is 1.71. The number of hydrogen-bond acceptors (Lipinski definition) is 6. The Hall–Kier alpha value is -3.39. The van der Waals surface area contributed by atoms with Gasteiger partial charge in [-0.25, -0.2) is 0 Å². The highest BCUT2D eigenvalue weighted by Gasteiger charge is 2.21. The number of aromatic nitrogens is 3. The summed E-state index contributed by atoms with van der Waals surface area (Å²) in [5.41, 5.74) is 8.85. The maximum Gasteiger partial charge on any atom is 0.249 e. The number of nitrogens with one attached hydrogen (secondary N) is 1. The third-order valence-corrected chi connectivity index (χ3v) is 6.40. The number of ether oxygens (including phenoxy) is 1. The van der Waals surface area contributed by atoms with E-state index < -0.39 is 5.91 Å². The van der Waals surface area contributed by atoms with Crippen LogP contribution in [0, 0.1) is 6.92 Å². The molecule has 0 radical (unpaired) electrons. The summed E-state index contributed by atoms with van der Waals surface area (Å²) in [7, 11) is 0. The maximum atomic E-state index is 11.9. The highest BCUT2D eigenvalue weighted by molar-refractivity contribution is 7.09. The fraction of sp³-hybridized carbons (Fsp3) is 0.261. The molecule has 0 atom stereocenters. The predicted octanol–water partition coefficient (Wildman–Crippen LogP) is 4.22. The quantitative estimate of drug-likeness (QED) is 0.491. The van der Waals surface area contributed by atoms with Crippen molar-refractivity contribution in [3.05, 3.63) is 63.5 Å². The van der Waals surface area contributed by atoms with Gasteiger partial charge < -0.3 is 15.8 Å². The minimum atomic E-state index is -0.452. The number of benzene rings is 1. The molecule has 0 spiro atoms. The van der Waals surface area contributed by atoms with Gasteiger partial charge in [-0.15, -0.1) is 11.3 Å². The largest absolute Gasteiger partial charge is 0.477 e. The van der Waals surface area contributed by atoms with Crippen molar-refractivity contribution in [3.8, 4) is 11.8 Å². The van der Waals surface area contributed by atoms with Gasteiger partial charge in [-0.2, -0.15) is 9.97 Å². The summed E-state index contributed by atoms with van der Waals surface area (Å²) in [6, 6.07) is 11.6. The normalized spacial score (nSPS) is 13.5. The molecule has 1 aromatic carbocycles. The number of rotatable bonds is 5. The van der Waals surface area contributed by atoms with E-state index in [-0.39, 0.29) is 0 Å². The Kier molecular flexibility index (Phi) is 5.07. The first-order chi connectivity index (χ1) is 15.1. The molecular weight excluding hydrogens is 410 g/mol. The predicted molar refractivity (Wildman–Crippen MR) is 122 cm³/mol. The molecule has 4 aromatic rings. The first-order valence-corrected chi connectivity index (χ1v) is 11.2. The molecule has 0 saturated heterocycles. The maximum absolute atomic E-state index is 11.9. The van der Waals surface area contributed by atoms with Gasteiger partial charge in [-0.05, 0) is 55.8 Å². The summed E-state index contributed by atoms with van der Waals surface area (Å²) in [6.45, 7) is 3.31. The smallest absolute Gasteiger partial charge is 0.249 e. The molecule has 0 unspecified atom stereocenters. The van der Waals surface area contributed by atoms with E-state index in [0.717, 1.165) is 47.2 Å². The van der Waals surface area contributed by atoms with Crippen LogP contribution in [0.4, 0.5) is 5.82 Å². The fourth-order valence-corrected chi connectivity index (χ4v) is 4.69. The zero-order valence-electron chi connectivity index (χ0n) is 17.2. The molecule has 1 aliphatic heterocycles. The average Bonchev–Trinajstić information content (AvgIpc) is 3.32. The lowest BCUT2D eigenvalue weighted by Crippen LogP contribution is -2.12. The Bertz CT molecular complexity index is 1260. The molecule has 1 amide bonds. The first kappa shape index (κ1) is 19.6. The Morgan fingerprint density at radius 3 is 2.97 bits per heavy atom. The third kappa shape index (κ3) is 3.63. The number of primary amides is 1. The number of anilines is 1. The van der Waals surface area contributed by atoms with Gasteiger partial charge in [0.15, 0.2) is 0 Å². The zero-order valence-corrected chi connectivity index (χ0v) is 18.0. The standard InChI is InChI=1S/C23H23N5O2S/c1-14-12-18-16(20(24)29)8-4-9-19(18)28(14)23-26-21(25-13-15-6-5-11-31-15)17-7-2-3-10-30-22(17)27-23/h4-6,8-9,11-12H,2-3,7,10,13H2,1H3,(H2,24,29)(H,25,26,27). The Balaban J connectivity index is 1.65. The second-order valence-electron chi connectivity index (χ2n) is 7.62. The lowest BCUT2D eigenvalue weighted by molar-refractivity contribution is 0.100. The number of carbonyl (C=O) groups excluding carboxylic acids is 1. The molecule has 3 N–H and O–H groups in total. The molecule has 5 rings (SSSR count). The zero-order chi connectivity index (χ0) is 21.4. The summed E-state index contributed by atoms with van der Waals surface area (Å²) in [5, 5.41) is 6.35. The van der Waals surface area contributed by atoms with Crippen LogP contribution in [0.2, 0.25) is 0 Å². The van der Waals surface area contributed by atoms with Crippen molar-refractivity contribution in [2.24, 2.45) is 5.73 Å². The topological polar surface area (TPSA) is 95.1 Å². The highest BCUT2D eigenvalue weighted by Crippen LogP contribution is 2.32. The Labute approximate surface area is 183 Å². The minimum absolute atomic E-state index is 0.452. The van der Waals surface area contributed by atoms with Crippen LogP contribution in [-0.2, 0) is 13.0 Å². The lowest BCUT2D eigenvalue weighted by atomic mass is 10.1. The van der Waals surface area contributed by atoms with Crippen LogP contribution < -0.4 is 15.8 Å². The molecule has 8 heteroatoms. The van der Waals surface area contributed by atoms with Crippen molar-refractivity contribution < 1.29 is 9.53 Å². The van der Waals surface area contributed by atoms with Crippen LogP contribution in [0.1, 0.15) is 39.3 Å². The van der Waals surface area contributed by atoms with Gasteiger partial charge in [0.05, 0.1) is 24.2 Å². The monoisotopic (exact) mass is 433 g/mol. The van der Waals surface area contributed by atoms with Crippen LogP contribution in [-0.4, -0.2) is 27.0 Å². The van der Waals surface area contributed by atoms with Gasteiger partial charge in [-0.1, -0.05) is 12.1 Å². The SMILES string of the molecule is Cc1cc2c(C(N)=O)cccc2n1-c1nc(NCc2cccs2)c2c(n1)OCCCC2. The summed E-state index contributed by atoms with van der Waals surface area (Å²) in [4.78, 5) is 22.8. The molecule has 31 heavy (non-hydrogen) atoms. The van der Waals surface area contributed by atoms with Crippen LogP contribution in [0.5, 0.6) is 5.88 Å². The van der Waals surface area contributed by atoms with Crippen molar-refractivity contribution in [2.45, 2.75) is 32.7 Å². The van der Waals surface area contributed by atoms with E-state index in [1.807, 2.05) is 35.8 Å². The van der Waals surface area contributed by atoms with Crippen molar-refractivity contribution in [1.82, 2.24) is 14.5 Å². The number of hydrogen-bond donors (Lipinski definition) is 2. The minimum Gasteiger partial charge on any atom is -0.477 e. The Morgan fingerprint density at radius 2 is 2.16 bits per heavy atom. The molecule has 0 fully saturated rings. The molecule has 0 aliphatic carbocycles. The van der Waals surface area contributed by atoms with Gasteiger partial charge in [-0.3, -0.25) is 9.36 Å². The molecule has 158 valence electrons. The van der Waals surface area contributed by atoms with Gasteiger partial charge in [0.25, 0.3) is 0 Å². The third-order valence-electron chi connectivity index (χ3n) is 5.52. The number of nitrogens with zero attached hydrogens (tertiary/aromatic N) is 3. The number of nitrogens with two attached hydrogens (primary N) is 1. The van der Waals surface area contributed by atoms with Crippen molar-refractivity contribution >= 4 is 34.0 Å². The summed E-state index contributed by atoms with van der Waals surface area (Å²) in [6.07, 6.45) is 2.90. The van der Waals surface area contributed by atoms with Crippen LogP contribution in [0.25, 0.3) is 16.9 Å². The van der Waals surface area contributed by atoms with Crippen molar-refractivity contribution in [3.63, 3.8) is 0 Å². The van der Waals surface area contributed by atoms with E-state index >= 15 is 0 Å². The van der Waals surface area contributed by atoms with Crippen molar-refractivity contribution in [2.75, 3.05) is 11.9 Å². The highest BCUT2D eigenvalue weighted by atomic mass is 32.1. The van der Waals surface area contributed by atoms with Gasteiger partial charge in [0.2, 0.25) is 17.7 Å². The molecule has 7 nitrogen and oxygen atoms in total. The average molecular weight is 434 g/mol. The number of thiophene rings is 1.